The Bertz CT molecular complexity index is 316. The number of aliphatic hydroxyl groups is 1. The van der Waals surface area contributed by atoms with Gasteiger partial charge in [0.1, 0.15) is 11.8 Å². The maximum absolute atomic E-state index is 9.01. The van der Waals surface area contributed by atoms with E-state index in [1.165, 1.54) is 0 Å². The molecule has 0 spiro atoms. The predicted molar refractivity (Wildman–Crippen MR) is 48.1 cm³/mol. The maximum Gasteiger partial charge on any atom is 0.192 e. The van der Waals surface area contributed by atoms with Crippen molar-refractivity contribution in [3.63, 3.8) is 0 Å². The van der Waals surface area contributed by atoms with Crippen LogP contribution in [0.1, 0.15) is 13.8 Å². The molecule has 3 aliphatic rings. The molecular formula is C9H13NO5. The van der Waals surface area contributed by atoms with Crippen LogP contribution in [-0.2, 0) is 19.0 Å². The van der Waals surface area contributed by atoms with E-state index in [0.29, 0.717) is 5.71 Å². The molecule has 6 nitrogen and oxygen atoms in total. The molecule has 0 saturated carbocycles. The van der Waals surface area contributed by atoms with E-state index in [0.717, 1.165) is 0 Å². The Hall–Kier alpha value is -0.690. The van der Waals surface area contributed by atoms with Crippen molar-refractivity contribution in [2.24, 2.45) is 5.16 Å². The number of nitrogens with zero attached hydrogens (tertiary/aromatic N) is 1. The van der Waals surface area contributed by atoms with Gasteiger partial charge in [-0.05, 0) is 13.8 Å². The van der Waals surface area contributed by atoms with Gasteiger partial charge in [0.2, 0.25) is 0 Å². The topological polar surface area (TPSA) is 69.5 Å². The fourth-order valence-corrected chi connectivity index (χ4v) is 2.16. The highest BCUT2D eigenvalue weighted by Crippen LogP contribution is 2.40. The van der Waals surface area contributed by atoms with E-state index in [9.17, 15) is 0 Å². The smallest absolute Gasteiger partial charge is 0.192 e. The number of aliphatic hydroxyl groups excluding tert-OH is 1. The SMILES string of the molecule is CC1(C)O[C@H]2O[C@@H]3C(CO)=NO[C@@H]3[C@H]2O1. The van der Waals surface area contributed by atoms with Gasteiger partial charge in [-0.2, -0.15) is 0 Å². The first-order valence-corrected chi connectivity index (χ1v) is 4.95. The molecule has 1 N–H and O–H groups in total. The monoisotopic (exact) mass is 215 g/mol. The molecule has 0 aromatic carbocycles. The van der Waals surface area contributed by atoms with E-state index < -0.39 is 12.1 Å². The highest BCUT2D eigenvalue weighted by atomic mass is 16.9. The van der Waals surface area contributed by atoms with Gasteiger partial charge in [0, 0.05) is 0 Å². The number of hydrogen-bond acceptors (Lipinski definition) is 6. The zero-order valence-electron chi connectivity index (χ0n) is 8.54. The largest absolute Gasteiger partial charge is 0.390 e. The normalized spacial score (nSPS) is 45.9. The van der Waals surface area contributed by atoms with Crippen LogP contribution in [0.25, 0.3) is 0 Å². The van der Waals surface area contributed by atoms with Gasteiger partial charge in [-0.3, -0.25) is 0 Å². The van der Waals surface area contributed by atoms with Crippen molar-refractivity contribution < 1.29 is 24.2 Å². The summed E-state index contributed by atoms with van der Waals surface area (Å²) in [4.78, 5) is 5.19. The predicted octanol–water partition coefficient (Wildman–Crippen LogP) is -0.390. The second kappa shape index (κ2) is 2.91. The van der Waals surface area contributed by atoms with E-state index in [-0.39, 0.29) is 24.9 Å². The summed E-state index contributed by atoms with van der Waals surface area (Å²) >= 11 is 0. The second-order valence-corrected chi connectivity index (χ2v) is 4.34. The van der Waals surface area contributed by atoms with Crippen LogP contribution in [0.3, 0.4) is 0 Å². The summed E-state index contributed by atoms with van der Waals surface area (Å²) in [5, 5.41) is 12.8. The fraction of sp³-hybridized carbons (Fsp3) is 0.889. The maximum atomic E-state index is 9.01. The summed E-state index contributed by atoms with van der Waals surface area (Å²) in [6, 6.07) is 0. The fourth-order valence-electron chi connectivity index (χ4n) is 2.16. The van der Waals surface area contributed by atoms with Crippen molar-refractivity contribution in [3.8, 4) is 0 Å². The van der Waals surface area contributed by atoms with Crippen molar-refractivity contribution in [1.29, 1.82) is 0 Å². The summed E-state index contributed by atoms with van der Waals surface area (Å²) in [6.45, 7) is 3.49. The molecule has 0 aromatic rings. The summed E-state index contributed by atoms with van der Waals surface area (Å²) in [6.07, 6.45) is -1.31. The van der Waals surface area contributed by atoms with E-state index in [2.05, 4.69) is 5.16 Å². The molecule has 2 saturated heterocycles. The Morgan fingerprint density at radius 3 is 2.87 bits per heavy atom. The first kappa shape index (κ1) is 9.53. The Morgan fingerprint density at radius 1 is 1.33 bits per heavy atom. The number of hydrogen-bond donors (Lipinski definition) is 1. The van der Waals surface area contributed by atoms with Gasteiger partial charge in [-0.25, -0.2) is 0 Å². The zero-order valence-corrected chi connectivity index (χ0v) is 8.54. The van der Waals surface area contributed by atoms with Gasteiger partial charge < -0.3 is 24.2 Å². The van der Waals surface area contributed by atoms with E-state index in [1.807, 2.05) is 13.8 Å². The number of fused-ring (bicyclic) bond motifs is 3. The molecule has 4 atom stereocenters. The van der Waals surface area contributed by atoms with Crippen LogP contribution in [-0.4, -0.2) is 47.8 Å². The van der Waals surface area contributed by atoms with Gasteiger partial charge >= 0.3 is 0 Å². The van der Waals surface area contributed by atoms with Gasteiger partial charge in [0.15, 0.2) is 24.3 Å². The summed E-state index contributed by atoms with van der Waals surface area (Å²) in [5.74, 6) is -0.647. The van der Waals surface area contributed by atoms with Crippen LogP contribution in [0.5, 0.6) is 0 Å². The van der Waals surface area contributed by atoms with E-state index in [1.54, 1.807) is 0 Å². The third kappa shape index (κ3) is 1.29. The third-order valence-electron chi connectivity index (χ3n) is 2.77. The van der Waals surface area contributed by atoms with Gasteiger partial charge in [0.05, 0.1) is 6.61 Å². The van der Waals surface area contributed by atoms with Crippen LogP contribution in [0.2, 0.25) is 0 Å². The van der Waals surface area contributed by atoms with Gasteiger partial charge in [0.25, 0.3) is 0 Å². The lowest BCUT2D eigenvalue weighted by molar-refractivity contribution is -0.206. The minimum Gasteiger partial charge on any atom is -0.390 e. The van der Waals surface area contributed by atoms with Crippen molar-refractivity contribution in [1.82, 2.24) is 0 Å². The molecular weight excluding hydrogens is 202 g/mol. The van der Waals surface area contributed by atoms with Crippen molar-refractivity contribution in [2.75, 3.05) is 6.61 Å². The highest BCUT2D eigenvalue weighted by Gasteiger charge is 2.59. The van der Waals surface area contributed by atoms with Crippen LogP contribution in [0.15, 0.2) is 5.16 Å². The van der Waals surface area contributed by atoms with Gasteiger partial charge in [-0.15, -0.1) is 0 Å². The van der Waals surface area contributed by atoms with E-state index >= 15 is 0 Å². The number of rotatable bonds is 1. The summed E-state index contributed by atoms with van der Waals surface area (Å²) in [7, 11) is 0. The Morgan fingerprint density at radius 2 is 2.13 bits per heavy atom. The average molecular weight is 215 g/mol. The molecule has 0 bridgehead atoms. The molecule has 0 amide bonds. The Labute approximate surface area is 86.7 Å². The molecule has 0 radical (unpaired) electrons. The summed E-state index contributed by atoms with van der Waals surface area (Å²) < 4.78 is 16.8. The van der Waals surface area contributed by atoms with Crippen LogP contribution < -0.4 is 0 Å². The van der Waals surface area contributed by atoms with Crippen LogP contribution in [0.4, 0.5) is 0 Å². The molecule has 15 heavy (non-hydrogen) atoms. The first-order chi connectivity index (χ1) is 7.11. The lowest BCUT2D eigenvalue weighted by Gasteiger charge is -2.20. The zero-order chi connectivity index (χ0) is 10.6. The van der Waals surface area contributed by atoms with E-state index in [4.69, 9.17) is 24.2 Å². The summed E-state index contributed by atoms with van der Waals surface area (Å²) in [5.41, 5.74) is 0.499. The Balaban J connectivity index is 1.79. The lowest BCUT2D eigenvalue weighted by Crippen LogP contribution is -2.36. The molecule has 3 heterocycles. The Kier molecular flexibility index (Phi) is 1.85. The van der Waals surface area contributed by atoms with Crippen LogP contribution >= 0.6 is 0 Å². The van der Waals surface area contributed by atoms with Crippen LogP contribution in [0, 0.1) is 0 Å². The minimum atomic E-state index is -0.647. The third-order valence-corrected chi connectivity index (χ3v) is 2.77. The molecule has 84 valence electrons. The van der Waals surface area contributed by atoms with Crippen molar-refractivity contribution in [3.05, 3.63) is 0 Å². The van der Waals surface area contributed by atoms with Crippen molar-refractivity contribution in [2.45, 2.75) is 44.2 Å². The minimum absolute atomic E-state index is 0.163. The molecule has 0 aliphatic carbocycles. The first-order valence-electron chi connectivity index (χ1n) is 4.95. The number of oxime groups is 1. The lowest BCUT2D eigenvalue weighted by atomic mass is 10.1. The molecule has 3 rings (SSSR count). The quantitative estimate of drug-likeness (QED) is 0.645. The molecule has 0 unspecified atom stereocenters. The van der Waals surface area contributed by atoms with Gasteiger partial charge in [-0.1, -0.05) is 5.16 Å². The molecule has 2 fully saturated rings. The number of ether oxygens (including phenoxy) is 3. The molecule has 3 aliphatic heterocycles. The van der Waals surface area contributed by atoms with Crippen molar-refractivity contribution >= 4 is 5.71 Å². The average Bonchev–Trinajstić information content (AvgIpc) is 2.73. The second-order valence-electron chi connectivity index (χ2n) is 4.34. The molecule has 0 aromatic heterocycles. The standard InChI is InChI=1S/C9H13NO5/c1-9(2)13-7-6-5(12-8(7)14-9)4(3-11)10-15-6/h5-8,11H,3H2,1-2H3/t5-,6+,7-,8-/m1/s1. The highest BCUT2D eigenvalue weighted by molar-refractivity contribution is 5.91. The molecule has 6 heteroatoms.